The summed E-state index contributed by atoms with van der Waals surface area (Å²) >= 11 is 0. The number of aromatic nitrogens is 1. The summed E-state index contributed by atoms with van der Waals surface area (Å²) in [7, 11) is 0. The zero-order chi connectivity index (χ0) is 11.3. The molecule has 1 heterocycles. The van der Waals surface area contributed by atoms with Crippen LogP contribution in [0.5, 0.6) is 0 Å². The Balaban J connectivity index is 2.45. The molecule has 3 atom stereocenters. The van der Waals surface area contributed by atoms with E-state index in [1.807, 2.05) is 25.1 Å². The van der Waals surface area contributed by atoms with Crippen molar-refractivity contribution in [2.75, 3.05) is 0 Å². The van der Waals surface area contributed by atoms with Gasteiger partial charge >= 0.3 is 0 Å². The maximum absolute atomic E-state index is 9.25. The van der Waals surface area contributed by atoms with Gasteiger partial charge in [0.2, 0.25) is 0 Å². The van der Waals surface area contributed by atoms with Crippen molar-refractivity contribution in [1.29, 1.82) is 0 Å². The standard InChI is InChI=1S/C12H20N2O/c1-9(8-10(2)15)14-11(3)12-6-4-5-7-13-12/h4-7,9-11,14-15H,8H2,1-3H3. The molecule has 1 aromatic rings. The maximum Gasteiger partial charge on any atom is 0.0570 e. The van der Waals surface area contributed by atoms with Crippen molar-refractivity contribution in [2.45, 2.75) is 45.4 Å². The Hall–Kier alpha value is -0.930. The number of aliphatic hydroxyl groups is 1. The molecule has 15 heavy (non-hydrogen) atoms. The van der Waals surface area contributed by atoms with Crippen LogP contribution in [0.25, 0.3) is 0 Å². The topological polar surface area (TPSA) is 45.1 Å². The van der Waals surface area contributed by atoms with Crippen molar-refractivity contribution in [3.05, 3.63) is 30.1 Å². The highest BCUT2D eigenvalue weighted by Crippen LogP contribution is 2.10. The predicted octanol–water partition coefficient (Wildman–Crippen LogP) is 1.89. The number of aliphatic hydroxyl groups excluding tert-OH is 1. The number of hydrogen-bond acceptors (Lipinski definition) is 3. The molecule has 3 unspecified atom stereocenters. The number of rotatable bonds is 5. The lowest BCUT2D eigenvalue weighted by Gasteiger charge is -2.20. The van der Waals surface area contributed by atoms with E-state index in [9.17, 15) is 5.11 Å². The fraction of sp³-hybridized carbons (Fsp3) is 0.583. The summed E-state index contributed by atoms with van der Waals surface area (Å²) in [6.45, 7) is 5.97. The van der Waals surface area contributed by atoms with Crippen molar-refractivity contribution in [2.24, 2.45) is 0 Å². The third-order valence-electron chi connectivity index (χ3n) is 2.36. The number of nitrogens with zero attached hydrogens (tertiary/aromatic N) is 1. The third-order valence-corrected chi connectivity index (χ3v) is 2.36. The molecule has 2 N–H and O–H groups in total. The van der Waals surface area contributed by atoms with E-state index in [4.69, 9.17) is 0 Å². The Morgan fingerprint density at radius 3 is 2.60 bits per heavy atom. The average molecular weight is 208 g/mol. The van der Waals surface area contributed by atoms with Crippen LogP contribution in [-0.2, 0) is 0 Å². The third kappa shape index (κ3) is 4.40. The van der Waals surface area contributed by atoms with E-state index in [0.717, 1.165) is 12.1 Å². The zero-order valence-corrected chi connectivity index (χ0v) is 9.64. The van der Waals surface area contributed by atoms with Gasteiger partial charge < -0.3 is 10.4 Å². The largest absolute Gasteiger partial charge is 0.393 e. The van der Waals surface area contributed by atoms with Crippen molar-refractivity contribution in [3.63, 3.8) is 0 Å². The van der Waals surface area contributed by atoms with Crippen molar-refractivity contribution < 1.29 is 5.11 Å². The van der Waals surface area contributed by atoms with Gasteiger partial charge in [-0.2, -0.15) is 0 Å². The minimum Gasteiger partial charge on any atom is -0.393 e. The predicted molar refractivity (Wildman–Crippen MR) is 61.5 cm³/mol. The Labute approximate surface area is 91.5 Å². The molecule has 0 aliphatic heterocycles. The molecule has 3 nitrogen and oxygen atoms in total. The molecule has 0 spiro atoms. The molecule has 0 bridgehead atoms. The van der Waals surface area contributed by atoms with Crippen LogP contribution in [0, 0.1) is 0 Å². The smallest absolute Gasteiger partial charge is 0.0570 e. The number of pyridine rings is 1. The summed E-state index contributed by atoms with van der Waals surface area (Å²) < 4.78 is 0. The van der Waals surface area contributed by atoms with Crippen LogP contribution in [0.2, 0.25) is 0 Å². The first-order valence-electron chi connectivity index (χ1n) is 5.44. The van der Waals surface area contributed by atoms with Gasteiger partial charge in [0.25, 0.3) is 0 Å². The first-order chi connectivity index (χ1) is 7.09. The van der Waals surface area contributed by atoms with E-state index >= 15 is 0 Å². The van der Waals surface area contributed by atoms with E-state index in [2.05, 4.69) is 24.1 Å². The summed E-state index contributed by atoms with van der Waals surface area (Å²) in [5, 5.41) is 12.7. The molecule has 0 fully saturated rings. The van der Waals surface area contributed by atoms with Gasteiger partial charge in [-0.05, 0) is 39.3 Å². The minimum absolute atomic E-state index is 0.222. The van der Waals surface area contributed by atoms with Gasteiger partial charge in [-0.3, -0.25) is 4.98 Å². The summed E-state index contributed by atoms with van der Waals surface area (Å²) in [5.41, 5.74) is 1.04. The Bertz CT molecular complexity index is 274. The lowest BCUT2D eigenvalue weighted by molar-refractivity contribution is 0.168. The molecule has 0 aromatic carbocycles. The van der Waals surface area contributed by atoms with E-state index in [0.29, 0.717) is 6.04 Å². The van der Waals surface area contributed by atoms with Crippen LogP contribution >= 0.6 is 0 Å². The first kappa shape index (κ1) is 12.1. The van der Waals surface area contributed by atoms with Crippen LogP contribution in [0.1, 0.15) is 38.9 Å². The number of hydrogen-bond donors (Lipinski definition) is 2. The van der Waals surface area contributed by atoms with Gasteiger partial charge in [-0.15, -0.1) is 0 Å². The van der Waals surface area contributed by atoms with Gasteiger partial charge in [0.1, 0.15) is 0 Å². The quantitative estimate of drug-likeness (QED) is 0.776. The molecule has 1 rings (SSSR count). The summed E-state index contributed by atoms with van der Waals surface area (Å²) in [4.78, 5) is 4.29. The van der Waals surface area contributed by atoms with Crippen LogP contribution in [0.4, 0.5) is 0 Å². The summed E-state index contributed by atoms with van der Waals surface area (Å²) in [6.07, 6.45) is 2.30. The van der Waals surface area contributed by atoms with Crippen LogP contribution < -0.4 is 5.32 Å². The normalized spacial score (nSPS) is 17.1. The Morgan fingerprint density at radius 2 is 2.07 bits per heavy atom. The molecule has 0 aliphatic carbocycles. The second-order valence-electron chi connectivity index (χ2n) is 4.13. The highest BCUT2D eigenvalue weighted by atomic mass is 16.3. The lowest BCUT2D eigenvalue weighted by atomic mass is 10.1. The van der Waals surface area contributed by atoms with Crippen molar-refractivity contribution in [1.82, 2.24) is 10.3 Å². The monoisotopic (exact) mass is 208 g/mol. The highest BCUT2D eigenvalue weighted by molar-refractivity contribution is 5.07. The fourth-order valence-corrected chi connectivity index (χ4v) is 1.72. The molecule has 0 radical (unpaired) electrons. The van der Waals surface area contributed by atoms with Crippen LogP contribution in [0.15, 0.2) is 24.4 Å². The number of nitrogens with one attached hydrogen (secondary N) is 1. The fourth-order valence-electron chi connectivity index (χ4n) is 1.72. The summed E-state index contributed by atoms with van der Waals surface area (Å²) in [6, 6.07) is 6.42. The molecule has 0 aliphatic rings. The van der Waals surface area contributed by atoms with Crippen molar-refractivity contribution >= 4 is 0 Å². The molecule has 0 saturated carbocycles. The summed E-state index contributed by atoms with van der Waals surface area (Å²) in [5.74, 6) is 0. The van der Waals surface area contributed by atoms with E-state index in [1.54, 1.807) is 6.20 Å². The molecule has 0 amide bonds. The van der Waals surface area contributed by atoms with Gasteiger partial charge in [-0.1, -0.05) is 6.07 Å². The Morgan fingerprint density at radius 1 is 1.33 bits per heavy atom. The van der Waals surface area contributed by atoms with E-state index in [-0.39, 0.29) is 12.1 Å². The van der Waals surface area contributed by atoms with Gasteiger partial charge in [-0.25, -0.2) is 0 Å². The molecule has 1 aromatic heterocycles. The van der Waals surface area contributed by atoms with Crippen LogP contribution in [0.3, 0.4) is 0 Å². The second kappa shape index (κ2) is 5.83. The molecule has 84 valence electrons. The average Bonchev–Trinajstić information content (AvgIpc) is 2.17. The van der Waals surface area contributed by atoms with Crippen LogP contribution in [-0.4, -0.2) is 22.2 Å². The SMILES string of the molecule is CC(O)CC(C)NC(C)c1ccccn1. The van der Waals surface area contributed by atoms with E-state index < -0.39 is 0 Å². The lowest BCUT2D eigenvalue weighted by Crippen LogP contribution is -2.31. The zero-order valence-electron chi connectivity index (χ0n) is 9.64. The van der Waals surface area contributed by atoms with E-state index in [1.165, 1.54) is 0 Å². The molecular weight excluding hydrogens is 188 g/mol. The molecule has 0 saturated heterocycles. The second-order valence-corrected chi connectivity index (χ2v) is 4.13. The van der Waals surface area contributed by atoms with Gasteiger partial charge in [0.15, 0.2) is 0 Å². The maximum atomic E-state index is 9.25. The minimum atomic E-state index is -0.261. The Kier molecular flexibility index (Phi) is 4.72. The van der Waals surface area contributed by atoms with Gasteiger partial charge in [0, 0.05) is 18.3 Å². The molecular formula is C12H20N2O. The highest BCUT2D eigenvalue weighted by Gasteiger charge is 2.11. The first-order valence-corrected chi connectivity index (χ1v) is 5.44. The molecule has 3 heteroatoms. The van der Waals surface area contributed by atoms with Gasteiger partial charge in [0.05, 0.1) is 11.8 Å². The van der Waals surface area contributed by atoms with Crippen molar-refractivity contribution in [3.8, 4) is 0 Å².